The molecule has 0 heterocycles. The van der Waals surface area contributed by atoms with E-state index in [1.54, 1.807) is 6.07 Å². The van der Waals surface area contributed by atoms with Crippen LogP contribution in [0.25, 0.3) is 0 Å². The molecule has 0 saturated carbocycles. The average molecular weight is 273 g/mol. The standard InChI is InChI=1S/C16H19NO3/c1-2-11-3-5-12(6-4-11)9-17-10-13-7-8-14(18)16(20)15(13)19/h3-8,17-20H,2,9-10H2,1H3. The van der Waals surface area contributed by atoms with E-state index in [1.165, 1.54) is 11.6 Å². The molecule has 4 heteroatoms. The lowest BCUT2D eigenvalue weighted by Gasteiger charge is -2.09. The molecule has 0 spiro atoms. The maximum Gasteiger partial charge on any atom is 0.200 e. The fourth-order valence-electron chi connectivity index (χ4n) is 1.99. The van der Waals surface area contributed by atoms with Gasteiger partial charge in [0.15, 0.2) is 11.5 Å². The van der Waals surface area contributed by atoms with Crippen LogP contribution in [-0.2, 0) is 19.5 Å². The molecule has 106 valence electrons. The number of hydrogen-bond acceptors (Lipinski definition) is 4. The number of benzene rings is 2. The van der Waals surface area contributed by atoms with E-state index in [0.29, 0.717) is 18.7 Å². The van der Waals surface area contributed by atoms with Crippen LogP contribution in [0.4, 0.5) is 0 Å². The fourth-order valence-corrected chi connectivity index (χ4v) is 1.99. The van der Waals surface area contributed by atoms with Gasteiger partial charge in [0.1, 0.15) is 0 Å². The third-order valence-electron chi connectivity index (χ3n) is 3.29. The fraction of sp³-hybridized carbons (Fsp3) is 0.250. The van der Waals surface area contributed by atoms with Gasteiger partial charge < -0.3 is 20.6 Å². The first-order valence-electron chi connectivity index (χ1n) is 6.63. The van der Waals surface area contributed by atoms with Gasteiger partial charge in [0, 0.05) is 18.7 Å². The maximum absolute atomic E-state index is 9.69. The molecule has 2 rings (SSSR count). The summed E-state index contributed by atoms with van der Waals surface area (Å²) < 4.78 is 0. The molecule has 20 heavy (non-hydrogen) atoms. The van der Waals surface area contributed by atoms with Crippen LogP contribution in [0, 0.1) is 0 Å². The number of aryl methyl sites for hydroxylation is 1. The van der Waals surface area contributed by atoms with Crippen LogP contribution in [0.15, 0.2) is 36.4 Å². The van der Waals surface area contributed by atoms with Crippen molar-refractivity contribution in [2.45, 2.75) is 26.4 Å². The number of phenolic OH excluding ortho intramolecular Hbond substituents is 3. The van der Waals surface area contributed by atoms with E-state index in [4.69, 9.17) is 0 Å². The molecule has 0 aliphatic carbocycles. The van der Waals surface area contributed by atoms with Crippen molar-refractivity contribution < 1.29 is 15.3 Å². The molecule has 0 saturated heterocycles. The lowest BCUT2D eigenvalue weighted by atomic mass is 10.1. The Balaban J connectivity index is 1.94. The lowest BCUT2D eigenvalue weighted by molar-refractivity contribution is 0.364. The summed E-state index contributed by atoms with van der Waals surface area (Å²) in [7, 11) is 0. The zero-order chi connectivity index (χ0) is 14.5. The van der Waals surface area contributed by atoms with E-state index in [0.717, 1.165) is 12.0 Å². The Labute approximate surface area is 118 Å². The highest BCUT2D eigenvalue weighted by molar-refractivity contribution is 5.53. The first kappa shape index (κ1) is 14.2. The van der Waals surface area contributed by atoms with Gasteiger partial charge in [-0.2, -0.15) is 0 Å². The van der Waals surface area contributed by atoms with Gasteiger partial charge in [-0.15, -0.1) is 0 Å². The monoisotopic (exact) mass is 273 g/mol. The van der Waals surface area contributed by atoms with Gasteiger partial charge in [-0.1, -0.05) is 37.3 Å². The van der Waals surface area contributed by atoms with E-state index in [9.17, 15) is 15.3 Å². The second-order valence-electron chi connectivity index (χ2n) is 4.71. The zero-order valence-corrected chi connectivity index (χ0v) is 11.4. The maximum atomic E-state index is 9.69. The van der Waals surface area contributed by atoms with Crippen LogP contribution in [0.2, 0.25) is 0 Å². The summed E-state index contributed by atoms with van der Waals surface area (Å²) in [6, 6.07) is 11.3. The Morgan fingerprint density at radius 2 is 1.45 bits per heavy atom. The molecule has 0 aromatic heterocycles. The van der Waals surface area contributed by atoms with E-state index in [1.807, 2.05) is 0 Å². The summed E-state index contributed by atoms with van der Waals surface area (Å²) in [5.74, 6) is -1.07. The van der Waals surface area contributed by atoms with Crippen molar-refractivity contribution in [3.05, 3.63) is 53.1 Å². The predicted octanol–water partition coefficient (Wildman–Crippen LogP) is 2.66. The summed E-state index contributed by atoms with van der Waals surface area (Å²) in [6.07, 6.45) is 1.02. The molecular weight excluding hydrogens is 254 g/mol. The van der Waals surface area contributed by atoms with Gasteiger partial charge in [0.05, 0.1) is 0 Å². The highest BCUT2D eigenvalue weighted by Crippen LogP contribution is 2.36. The summed E-state index contributed by atoms with van der Waals surface area (Å²) in [5, 5.41) is 31.6. The smallest absolute Gasteiger partial charge is 0.200 e. The van der Waals surface area contributed by atoms with Gasteiger partial charge in [0.2, 0.25) is 5.75 Å². The third-order valence-corrected chi connectivity index (χ3v) is 3.29. The Morgan fingerprint density at radius 3 is 2.10 bits per heavy atom. The number of phenols is 3. The van der Waals surface area contributed by atoms with Crippen LogP contribution >= 0.6 is 0 Å². The van der Waals surface area contributed by atoms with E-state index in [2.05, 4.69) is 36.5 Å². The lowest BCUT2D eigenvalue weighted by Crippen LogP contribution is -2.12. The van der Waals surface area contributed by atoms with E-state index in [-0.39, 0.29) is 11.5 Å². The minimum Gasteiger partial charge on any atom is -0.504 e. The molecule has 0 fully saturated rings. The summed E-state index contributed by atoms with van der Waals surface area (Å²) in [4.78, 5) is 0. The van der Waals surface area contributed by atoms with Crippen LogP contribution in [0.3, 0.4) is 0 Å². The first-order valence-corrected chi connectivity index (χ1v) is 6.63. The Bertz CT molecular complexity index is 579. The normalized spacial score (nSPS) is 10.7. The molecule has 0 atom stereocenters. The van der Waals surface area contributed by atoms with Gasteiger partial charge in [-0.25, -0.2) is 0 Å². The largest absolute Gasteiger partial charge is 0.504 e. The number of aromatic hydroxyl groups is 3. The van der Waals surface area contributed by atoms with Gasteiger partial charge >= 0.3 is 0 Å². The molecule has 4 nitrogen and oxygen atoms in total. The quantitative estimate of drug-likeness (QED) is 0.632. The van der Waals surface area contributed by atoms with Crippen molar-refractivity contribution in [2.24, 2.45) is 0 Å². The predicted molar refractivity (Wildman–Crippen MR) is 77.8 cm³/mol. The Morgan fingerprint density at radius 1 is 0.800 bits per heavy atom. The molecular formula is C16H19NO3. The first-order chi connectivity index (χ1) is 9.61. The zero-order valence-electron chi connectivity index (χ0n) is 11.4. The molecule has 2 aromatic rings. The number of rotatable bonds is 5. The molecule has 0 unspecified atom stereocenters. The Kier molecular flexibility index (Phi) is 4.48. The van der Waals surface area contributed by atoms with Crippen LogP contribution in [0.1, 0.15) is 23.6 Å². The molecule has 0 radical (unpaired) electrons. The minimum absolute atomic E-state index is 0.279. The van der Waals surface area contributed by atoms with Crippen molar-refractivity contribution >= 4 is 0 Å². The number of nitrogens with one attached hydrogen (secondary N) is 1. The van der Waals surface area contributed by atoms with Crippen molar-refractivity contribution in [2.75, 3.05) is 0 Å². The SMILES string of the molecule is CCc1ccc(CNCc2ccc(O)c(O)c2O)cc1. The average Bonchev–Trinajstić information content (AvgIpc) is 2.48. The molecule has 4 N–H and O–H groups in total. The highest BCUT2D eigenvalue weighted by Gasteiger charge is 2.10. The summed E-state index contributed by atoms with van der Waals surface area (Å²) >= 11 is 0. The van der Waals surface area contributed by atoms with Crippen molar-refractivity contribution in [1.29, 1.82) is 0 Å². The second-order valence-corrected chi connectivity index (χ2v) is 4.71. The van der Waals surface area contributed by atoms with Crippen molar-refractivity contribution in [3.8, 4) is 17.2 Å². The highest BCUT2D eigenvalue weighted by atomic mass is 16.3. The summed E-state index contributed by atoms with van der Waals surface area (Å²) in [6.45, 7) is 3.20. The number of hydrogen-bond donors (Lipinski definition) is 4. The Hall–Kier alpha value is -2.20. The second kappa shape index (κ2) is 6.30. The van der Waals surface area contributed by atoms with Gasteiger partial charge in [0.25, 0.3) is 0 Å². The van der Waals surface area contributed by atoms with Crippen LogP contribution in [-0.4, -0.2) is 15.3 Å². The van der Waals surface area contributed by atoms with E-state index < -0.39 is 5.75 Å². The molecule has 0 bridgehead atoms. The van der Waals surface area contributed by atoms with Crippen LogP contribution in [0.5, 0.6) is 17.2 Å². The topological polar surface area (TPSA) is 72.7 Å². The third kappa shape index (κ3) is 3.22. The molecule has 0 amide bonds. The van der Waals surface area contributed by atoms with Crippen molar-refractivity contribution in [1.82, 2.24) is 5.32 Å². The molecule has 0 aliphatic rings. The van der Waals surface area contributed by atoms with Crippen LogP contribution < -0.4 is 5.32 Å². The molecule has 2 aromatic carbocycles. The van der Waals surface area contributed by atoms with Crippen molar-refractivity contribution in [3.63, 3.8) is 0 Å². The van der Waals surface area contributed by atoms with E-state index >= 15 is 0 Å². The molecule has 0 aliphatic heterocycles. The van der Waals surface area contributed by atoms with Gasteiger partial charge in [-0.3, -0.25) is 0 Å². The minimum atomic E-state index is -0.475. The van der Waals surface area contributed by atoms with Gasteiger partial charge in [-0.05, 0) is 23.6 Å². The summed E-state index contributed by atoms with van der Waals surface area (Å²) in [5.41, 5.74) is 3.00.